The number of fused-ring (bicyclic) bond motifs is 1. The number of carbonyl (C=O) groups is 1. The molecule has 0 amide bonds. The Kier molecular flexibility index (Phi) is 7.21. The minimum absolute atomic E-state index is 0.0678. The molecular weight excluding hydrogens is 518 g/mol. The van der Waals surface area contributed by atoms with Crippen molar-refractivity contribution >= 4 is 17.1 Å². The molecule has 0 saturated heterocycles. The zero-order chi connectivity index (χ0) is 29.6. The predicted molar refractivity (Wildman–Crippen MR) is 158 cm³/mol. The number of esters is 1. The molecule has 0 spiro atoms. The summed E-state index contributed by atoms with van der Waals surface area (Å²) in [5.41, 5.74) is 4.35. The van der Waals surface area contributed by atoms with Gasteiger partial charge in [0.05, 0.1) is 17.5 Å². The molecule has 8 heteroatoms. The van der Waals surface area contributed by atoms with E-state index >= 15 is 0 Å². The summed E-state index contributed by atoms with van der Waals surface area (Å²) in [5.74, 6) is 0.291. The van der Waals surface area contributed by atoms with E-state index in [1.807, 2.05) is 49.4 Å². The van der Waals surface area contributed by atoms with Gasteiger partial charge in [-0.3, -0.25) is 14.4 Å². The number of nitrogens with zero attached hydrogens (tertiary/aromatic N) is 3. The molecule has 2 heterocycles. The highest BCUT2D eigenvalue weighted by Crippen LogP contribution is 2.35. The van der Waals surface area contributed by atoms with Crippen molar-refractivity contribution in [3.8, 4) is 22.3 Å². The molecule has 1 N–H and O–H groups in total. The number of carbonyl (C=O) groups excluding carboxylic acids is 1. The molecule has 0 aliphatic heterocycles. The highest BCUT2D eigenvalue weighted by Gasteiger charge is 2.34. The Balaban J connectivity index is 1.48. The van der Waals surface area contributed by atoms with Gasteiger partial charge in [0.2, 0.25) is 17.1 Å². The third-order valence-corrected chi connectivity index (χ3v) is 7.24. The molecule has 210 valence electrons. The average molecular weight is 552 g/mol. The van der Waals surface area contributed by atoms with Gasteiger partial charge in [-0.1, -0.05) is 55.5 Å². The van der Waals surface area contributed by atoms with Gasteiger partial charge >= 0.3 is 5.97 Å². The molecule has 0 aliphatic carbocycles. The molecule has 0 fully saturated rings. The van der Waals surface area contributed by atoms with Crippen LogP contribution in [0.3, 0.4) is 0 Å². The number of aliphatic hydroxyl groups excluding tert-OH is 1. The van der Waals surface area contributed by atoms with E-state index < -0.39 is 28.5 Å². The maximum absolute atomic E-state index is 12.7. The molecule has 5 rings (SSSR count). The third-order valence-electron chi connectivity index (χ3n) is 7.24. The summed E-state index contributed by atoms with van der Waals surface area (Å²) in [5, 5.41) is 10.6. The lowest BCUT2D eigenvalue weighted by atomic mass is 9.87. The van der Waals surface area contributed by atoms with Gasteiger partial charge in [0, 0.05) is 17.7 Å². The lowest BCUT2D eigenvalue weighted by molar-refractivity contribution is -0.178. The van der Waals surface area contributed by atoms with E-state index in [4.69, 9.17) is 14.7 Å². The number of ether oxygens (including phenoxy) is 1. The highest BCUT2D eigenvalue weighted by molar-refractivity contribution is 5.86. The molecule has 1 atom stereocenters. The Hall–Kier alpha value is -4.43. The van der Waals surface area contributed by atoms with Crippen LogP contribution in [0.25, 0.3) is 33.4 Å². The van der Waals surface area contributed by atoms with Crippen LogP contribution in [0.4, 0.5) is 0 Å². The molecule has 1 unspecified atom stereocenters. The molecular formula is C33H33N3O5. The van der Waals surface area contributed by atoms with Crippen LogP contribution >= 0.6 is 0 Å². The first-order valence-electron chi connectivity index (χ1n) is 13.6. The fourth-order valence-corrected chi connectivity index (χ4v) is 5.06. The maximum atomic E-state index is 12.7. The van der Waals surface area contributed by atoms with Gasteiger partial charge in [-0.2, -0.15) is 0 Å². The van der Waals surface area contributed by atoms with Crippen molar-refractivity contribution in [2.45, 2.75) is 60.8 Å². The number of rotatable bonds is 7. The number of aryl methyl sites for hydroxylation is 3. The molecule has 0 saturated carbocycles. The molecule has 8 nitrogen and oxygen atoms in total. The molecule has 0 aliphatic rings. The van der Waals surface area contributed by atoms with Crippen molar-refractivity contribution < 1.29 is 14.6 Å². The topological polar surface area (TPSA) is 111 Å². The molecule has 0 radical (unpaired) electrons. The van der Waals surface area contributed by atoms with Crippen molar-refractivity contribution in [1.29, 1.82) is 0 Å². The summed E-state index contributed by atoms with van der Waals surface area (Å²) in [6, 6.07) is 17.2. The van der Waals surface area contributed by atoms with E-state index in [2.05, 4.69) is 18.4 Å². The van der Waals surface area contributed by atoms with Crippen LogP contribution in [-0.2, 0) is 22.5 Å². The zero-order valence-electron chi connectivity index (χ0n) is 24.1. The van der Waals surface area contributed by atoms with Crippen LogP contribution < -0.4 is 10.9 Å². The Bertz CT molecular complexity index is 1850. The summed E-state index contributed by atoms with van der Waals surface area (Å²) in [6.07, 6.45) is -1.04. The van der Waals surface area contributed by atoms with Gasteiger partial charge in [-0.15, -0.1) is 0 Å². The smallest absolute Gasteiger partial charge is 0.313 e. The van der Waals surface area contributed by atoms with E-state index in [-0.39, 0.29) is 11.1 Å². The molecule has 41 heavy (non-hydrogen) atoms. The average Bonchev–Trinajstić information content (AvgIpc) is 3.28. The van der Waals surface area contributed by atoms with E-state index in [1.165, 1.54) is 0 Å². The van der Waals surface area contributed by atoms with Crippen molar-refractivity contribution in [3.05, 3.63) is 103 Å². The Morgan fingerprint density at radius 3 is 2.27 bits per heavy atom. The van der Waals surface area contributed by atoms with E-state index in [0.717, 1.165) is 51.4 Å². The SMILES string of the molecule is CCc1nc2c(C)cc(C)nc2n1Cc1ccc(-c2ccccc2-c2c(C(O)OC(=O)C(C)(C)C)c(=O)c2=O)cc1. The Labute approximate surface area is 238 Å². The number of benzene rings is 2. The number of aliphatic hydroxyl groups is 1. The largest absolute Gasteiger partial charge is 0.431 e. The van der Waals surface area contributed by atoms with Crippen LogP contribution in [0.15, 0.2) is 64.2 Å². The lowest BCUT2D eigenvalue weighted by Gasteiger charge is -2.22. The first-order valence-corrected chi connectivity index (χ1v) is 13.6. The highest BCUT2D eigenvalue weighted by atomic mass is 16.6. The maximum Gasteiger partial charge on any atom is 0.313 e. The Morgan fingerprint density at radius 2 is 1.63 bits per heavy atom. The summed E-state index contributed by atoms with van der Waals surface area (Å²) in [4.78, 5) is 47.1. The van der Waals surface area contributed by atoms with Gasteiger partial charge in [0.15, 0.2) is 5.65 Å². The van der Waals surface area contributed by atoms with Crippen molar-refractivity contribution in [3.63, 3.8) is 0 Å². The number of imidazole rings is 1. The Morgan fingerprint density at radius 1 is 0.976 bits per heavy atom. The molecule has 2 aromatic heterocycles. The minimum Gasteiger partial charge on any atom is -0.431 e. The van der Waals surface area contributed by atoms with E-state index in [0.29, 0.717) is 12.1 Å². The second kappa shape index (κ2) is 10.5. The summed E-state index contributed by atoms with van der Waals surface area (Å²) >= 11 is 0. The number of pyridine rings is 1. The van der Waals surface area contributed by atoms with Crippen LogP contribution in [0.1, 0.15) is 62.2 Å². The summed E-state index contributed by atoms with van der Waals surface area (Å²) in [7, 11) is 0. The molecule has 3 aromatic carbocycles. The third kappa shape index (κ3) is 5.11. The van der Waals surface area contributed by atoms with Crippen LogP contribution in [0, 0.1) is 19.3 Å². The first kappa shape index (κ1) is 28.1. The molecule has 0 bridgehead atoms. The number of hydrogen-bond acceptors (Lipinski definition) is 7. The number of aromatic nitrogens is 3. The first-order chi connectivity index (χ1) is 19.4. The minimum atomic E-state index is -1.82. The van der Waals surface area contributed by atoms with Crippen molar-refractivity contribution in [2.75, 3.05) is 0 Å². The quantitative estimate of drug-likeness (QED) is 0.169. The van der Waals surface area contributed by atoms with Gasteiger partial charge in [0.25, 0.3) is 0 Å². The summed E-state index contributed by atoms with van der Waals surface area (Å²) < 4.78 is 7.28. The second-order valence-electron chi connectivity index (χ2n) is 11.4. The zero-order valence-corrected chi connectivity index (χ0v) is 24.1. The molecule has 5 aromatic rings. The lowest BCUT2D eigenvalue weighted by Crippen LogP contribution is -2.40. The normalized spacial score (nSPS) is 12.7. The fourth-order valence-electron chi connectivity index (χ4n) is 5.06. The fraction of sp³-hybridized carbons (Fsp3) is 0.303. The number of hydrogen-bond donors (Lipinski definition) is 1. The van der Waals surface area contributed by atoms with E-state index in [1.54, 1.807) is 32.9 Å². The van der Waals surface area contributed by atoms with Gasteiger partial charge in [-0.25, -0.2) is 9.97 Å². The van der Waals surface area contributed by atoms with Crippen LogP contribution in [0.2, 0.25) is 0 Å². The monoisotopic (exact) mass is 551 g/mol. The van der Waals surface area contributed by atoms with Gasteiger partial charge in [0.1, 0.15) is 11.3 Å². The van der Waals surface area contributed by atoms with Crippen molar-refractivity contribution in [2.24, 2.45) is 5.41 Å². The van der Waals surface area contributed by atoms with Gasteiger partial charge in [-0.05, 0) is 68.5 Å². The predicted octanol–water partition coefficient (Wildman–Crippen LogP) is 5.17. The van der Waals surface area contributed by atoms with Crippen LogP contribution in [-0.4, -0.2) is 25.6 Å². The van der Waals surface area contributed by atoms with Crippen LogP contribution in [0.5, 0.6) is 0 Å². The standard InChI is InChI=1S/C33H33N3O5/c1-7-24-35-27-18(2)16-19(3)34-30(27)36(24)17-20-12-14-21(15-13-20)22-10-8-9-11-23(22)25-26(29(38)28(25)37)31(39)41-32(40)33(4,5)6/h8-16,31,39H,7,17H2,1-6H3. The van der Waals surface area contributed by atoms with Gasteiger partial charge < -0.3 is 14.4 Å². The summed E-state index contributed by atoms with van der Waals surface area (Å²) in [6.45, 7) is 11.6. The van der Waals surface area contributed by atoms with Crippen molar-refractivity contribution in [1.82, 2.24) is 14.5 Å². The second-order valence-corrected chi connectivity index (χ2v) is 11.4. The van der Waals surface area contributed by atoms with E-state index in [9.17, 15) is 19.5 Å².